The van der Waals surface area contributed by atoms with E-state index >= 15 is 0 Å². The van der Waals surface area contributed by atoms with Crippen molar-refractivity contribution < 1.29 is 0 Å². The predicted molar refractivity (Wildman–Crippen MR) is 259 cm³/mol. The van der Waals surface area contributed by atoms with Crippen LogP contribution >= 0.6 is 0 Å². The number of aromatic nitrogens is 1. The summed E-state index contributed by atoms with van der Waals surface area (Å²) in [5.41, 5.74) is 14.0. The second-order valence-corrected chi connectivity index (χ2v) is 17.5. The van der Waals surface area contributed by atoms with Crippen LogP contribution in [0.5, 0.6) is 0 Å². The van der Waals surface area contributed by atoms with Crippen LogP contribution in [-0.4, -0.2) is 4.57 Å². The fourth-order valence-electron chi connectivity index (χ4n) is 8.91. The number of nitrogens with zero attached hydrogens (tertiary/aromatic N) is 2. The molecule has 0 saturated heterocycles. The summed E-state index contributed by atoms with van der Waals surface area (Å²) in [6.45, 7) is 9.07. The van der Waals surface area contributed by atoms with Crippen LogP contribution in [0.3, 0.4) is 0 Å². The third-order valence-electron chi connectivity index (χ3n) is 11.8. The van der Waals surface area contributed by atoms with Crippen molar-refractivity contribution in [3.8, 4) is 11.1 Å². The molecule has 296 valence electrons. The van der Waals surface area contributed by atoms with Gasteiger partial charge in [-0.05, 0) is 148 Å². The summed E-state index contributed by atoms with van der Waals surface area (Å²) < 4.78 is 2.43. The summed E-state index contributed by atoms with van der Waals surface area (Å²) in [6.07, 6.45) is 18.8. The number of allylic oxidation sites excluding steroid dienone is 4. The quantitative estimate of drug-likeness (QED) is 0.134. The first-order valence-electron chi connectivity index (χ1n) is 21.6. The molecule has 8 aromatic rings. The van der Waals surface area contributed by atoms with Crippen LogP contribution in [0.1, 0.15) is 62.8 Å². The topological polar surface area (TPSA) is 8.17 Å². The van der Waals surface area contributed by atoms with Gasteiger partial charge in [0.25, 0.3) is 0 Å². The molecule has 2 nitrogen and oxygen atoms in total. The van der Waals surface area contributed by atoms with E-state index in [-0.39, 0.29) is 5.41 Å². The number of fused-ring (bicyclic) bond motifs is 2. The molecule has 9 rings (SSSR count). The molecule has 0 fully saturated rings. The Hall–Kier alpha value is -6.64. The summed E-state index contributed by atoms with van der Waals surface area (Å²) in [4.78, 5) is 2.41. The van der Waals surface area contributed by atoms with E-state index in [1.165, 1.54) is 71.2 Å². The van der Waals surface area contributed by atoms with E-state index in [0.29, 0.717) is 0 Å². The zero-order chi connectivity index (χ0) is 41.1. The Morgan fingerprint density at radius 2 is 1.33 bits per heavy atom. The molecular formula is C58H54N2. The van der Waals surface area contributed by atoms with Crippen molar-refractivity contribution in [1.29, 1.82) is 0 Å². The van der Waals surface area contributed by atoms with Crippen molar-refractivity contribution in [3.05, 3.63) is 215 Å². The van der Waals surface area contributed by atoms with E-state index in [2.05, 4.69) is 231 Å². The first kappa shape index (κ1) is 38.9. The summed E-state index contributed by atoms with van der Waals surface area (Å²) >= 11 is 0. The van der Waals surface area contributed by atoms with Crippen molar-refractivity contribution in [3.63, 3.8) is 0 Å². The minimum absolute atomic E-state index is 0.221. The Balaban J connectivity index is 1.09. The normalized spacial score (nSPS) is 13.6. The average molecular weight is 779 g/mol. The van der Waals surface area contributed by atoms with E-state index in [9.17, 15) is 0 Å². The zero-order valence-electron chi connectivity index (χ0n) is 35.4. The lowest BCUT2D eigenvalue weighted by molar-refractivity contribution is 0.411. The first-order valence-corrected chi connectivity index (χ1v) is 21.6. The molecule has 0 unspecified atom stereocenters. The van der Waals surface area contributed by atoms with Gasteiger partial charge in [0.05, 0.1) is 5.52 Å². The molecule has 0 atom stereocenters. The van der Waals surface area contributed by atoms with Crippen LogP contribution in [-0.2, 0) is 19.3 Å². The van der Waals surface area contributed by atoms with Crippen molar-refractivity contribution >= 4 is 56.6 Å². The van der Waals surface area contributed by atoms with Gasteiger partial charge in [-0.2, -0.15) is 0 Å². The SMILES string of the molecule is C/C=c1/cccc/c1=C/Cc1ccc(N(c2ccc(-c3cccc4ccccc34)cc2)c2cccc(Cc3cn(C4=CCCC=C4)c4cc(CC(C)(C)C)ccc34)c2)cc1. The molecule has 0 amide bonds. The highest BCUT2D eigenvalue weighted by Crippen LogP contribution is 2.38. The van der Waals surface area contributed by atoms with Gasteiger partial charge in [-0.1, -0.05) is 160 Å². The molecule has 7 aromatic carbocycles. The Labute approximate surface area is 355 Å². The van der Waals surface area contributed by atoms with E-state index < -0.39 is 0 Å². The molecule has 0 spiro atoms. The number of hydrogen-bond donors (Lipinski definition) is 0. The first-order chi connectivity index (χ1) is 29.3. The highest BCUT2D eigenvalue weighted by atomic mass is 15.1. The maximum Gasteiger partial charge on any atom is 0.0534 e. The fraction of sp³-hybridized carbons (Fsp3) is 0.172. The third kappa shape index (κ3) is 8.42. The molecule has 0 N–H and O–H groups in total. The Kier molecular flexibility index (Phi) is 11.0. The molecule has 1 heterocycles. The van der Waals surface area contributed by atoms with E-state index in [4.69, 9.17) is 0 Å². The number of anilines is 3. The van der Waals surface area contributed by atoms with E-state index in [0.717, 1.165) is 49.2 Å². The lowest BCUT2D eigenvalue weighted by Crippen LogP contribution is -2.23. The smallest absolute Gasteiger partial charge is 0.0534 e. The van der Waals surface area contributed by atoms with Crippen LogP contribution in [0, 0.1) is 5.41 Å². The van der Waals surface area contributed by atoms with Gasteiger partial charge in [-0.25, -0.2) is 0 Å². The molecule has 60 heavy (non-hydrogen) atoms. The fourth-order valence-corrected chi connectivity index (χ4v) is 8.91. The Morgan fingerprint density at radius 1 is 0.617 bits per heavy atom. The number of rotatable bonds is 10. The summed E-state index contributed by atoms with van der Waals surface area (Å²) in [5, 5.41) is 6.39. The molecule has 0 bridgehead atoms. The van der Waals surface area contributed by atoms with Crippen LogP contribution in [0.2, 0.25) is 0 Å². The predicted octanol–water partition coefficient (Wildman–Crippen LogP) is 14.1. The van der Waals surface area contributed by atoms with Gasteiger partial charge in [-0.3, -0.25) is 0 Å². The van der Waals surface area contributed by atoms with E-state index in [1.54, 1.807) is 0 Å². The minimum Gasteiger partial charge on any atom is -0.317 e. The lowest BCUT2D eigenvalue weighted by atomic mass is 9.88. The molecular weight excluding hydrogens is 725 g/mol. The van der Waals surface area contributed by atoms with Crippen LogP contribution in [0.25, 0.3) is 50.7 Å². The van der Waals surface area contributed by atoms with Crippen LogP contribution in [0.15, 0.2) is 182 Å². The van der Waals surface area contributed by atoms with Crippen molar-refractivity contribution in [1.82, 2.24) is 4.57 Å². The zero-order valence-corrected chi connectivity index (χ0v) is 35.4. The monoisotopic (exact) mass is 778 g/mol. The van der Waals surface area contributed by atoms with Gasteiger partial charge in [0.2, 0.25) is 0 Å². The maximum atomic E-state index is 2.43. The Bertz CT molecular complexity index is 2980. The number of benzene rings is 7. The van der Waals surface area contributed by atoms with Gasteiger partial charge in [0.15, 0.2) is 0 Å². The molecule has 0 saturated carbocycles. The van der Waals surface area contributed by atoms with Gasteiger partial charge < -0.3 is 9.47 Å². The number of hydrogen-bond acceptors (Lipinski definition) is 1. The standard InChI is InChI=1S/C58H54N2/c1-5-45-16-9-10-17-46(45)29-25-42-26-32-51(33-27-42)60(52-34-30-48(31-35-52)55-24-14-19-47-18-11-12-23-54(47)55)53-22-13-15-43(38-53)37-49-41-59(50-20-7-6-8-21-50)57-39-44(28-36-56(49)57)40-58(2,3)4/h5,7,9-24,26-36,38-39,41H,6,8,25,37,40H2,1-4H3/b45-5-,46-29-. The van der Waals surface area contributed by atoms with Crippen molar-refractivity contribution in [2.24, 2.45) is 5.41 Å². The van der Waals surface area contributed by atoms with Crippen LogP contribution < -0.4 is 15.3 Å². The van der Waals surface area contributed by atoms with Gasteiger partial charge in [-0.15, -0.1) is 0 Å². The van der Waals surface area contributed by atoms with Crippen molar-refractivity contribution in [2.75, 3.05) is 4.90 Å². The second-order valence-electron chi connectivity index (χ2n) is 17.5. The van der Waals surface area contributed by atoms with Gasteiger partial charge in [0.1, 0.15) is 0 Å². The highest BCUT2D eigenvalue weighted by Gasteiger charge is 2.18. The molecule has 1 aromatic heterocycles. The van der Waals surface area contributed by atoms with Gasteiger partial charge in [0, 0.05) is 34.3 Å². The summed E-state index contributed by atoms with van der Waals surface area (Å²) in [7, 11) is 0. The lowest BCUT2D eigenvalue weighted by Gasteiger charge is -2.26. The molecule has 0 aliphatic heterocycles. The summed E-state index contributed by atoms with van der Waals surface area (Å²) in [6, 6.07) is 58.3. The van der Waals surface area contributed by atoms with Crippen LogP contribution in [0.4, 0.5) is 17.1 Å². The molecule has 0 radical (unpaired) electrons. The van der Waals surface area contributed by atoms with Crippen molar-refractivity contribution in [2.45, 2.75) is 59.8 Å². The average Bonchev–Trinajstić information content (AvgIpc) is 3.63. The minimum atomic E-state index is 0.221. The van der Waals surface area contributed by atoms with E-state index in [1.807, 2.05) is 0 Å². The largest absolute Gasteiger partial charge is 0.317 e. The maximum absolute atomic E-state index is 2.43. The highest BCUT2D eigenvalue weighted by molar-refractivity contribution is 5.97. The molecule has 1 aliphatic rings. The molecule has 2 heteroatoms. The summed E-state index contributed by atoms with van der Waals surface area (Å²) in [5.74, 6) is 0. The second kappa shape index (κ2) is 16.9. The molecule has 1 aliphatic carbocycles. The van der Waals surface area contributed by atoms with Gasteiger partial charge >= 0.3 is 0 Å². The third-order valence-corrected chi connectivity index (χ3v) is 11.8. The Morgan fingerprint density at radius 3 is 2.10 bits per heavy atom.